The van der Waals surface area contributed by atoms with Crippen molar-refractivity contribution >= 4 is 21.0 Å². The van der Waals surface area contributed by atoms with E-state index < -0.39 is 15.6 Å². The molecule has 0 aliphatic rings. The summed E-state index contributed by atoms with van der Waals surface area (Å²) in [4.78, 5) is 15.2. The predicted molar refractivity (Wildman–Crippen MR) is 102 cm³/mol. The minimum Gasteiger partial charge on any atom is -0.423 e. The maximum Gasteiger partial charge on any atom is 0.336 e. The van der Waals surface area contributed by atoms with E-state index in [0.29, 0.717) is 17.5 Å². The molecule has 1 N–H and O–H groups in total. The average molecular weight is 396 g/mol. The van der Waals surface area contributed by atoms with E-state index in [-0.39, 0.29) is 11.4 Å². The van der Waals surface area contributed by atoms with E-state index in [9.17, 15) is 13.2 Å². The smallest absolute Gasteiger partial charge is 0.336 e. The van der Waals surface area contributed by atoms with Crippen LogP contribution in [0.25, 0.3) is 11.0 Å². The van der Waals surface area contributed by atoms with Crippen molar-refractivity contribution in [2.75, 3.05) is 0 Å². The van der Waals surface area contributed by atoms with Gasteiger partial charge in [0.15, 0.2) is 0 Å². The van der Waals surface area contributed by atoms with Crippen molar-refractivity contribution in [2.45, 2.75) is 18.0 Å². The van der Waals surface area contributed by atoms with E-state index in [2.05, 4.69) is 14.8 Å². The first kappa shape index (κ1) is 18.1. The number of nitrogens with zero attached hydrogens (tertiary/aromatic N) is 3. The first-order valence-corrected chi connectivity index (χ1v) is 9.92. The van der Waals surface area contributed by atoms with E-state index in [1.165, 1.54) is 36.7 Å². The summed E-state index contributed by atoms with van der Waals surface area (Å²) in [5.74, 6) is 0. The molecule has 0 amide bonds. The highest BCUT2D eigenvalue weighted by Gasteiger charge is 2.15. The van der Waals surface area contributed by atoms with Crippen molar-refractivity contribution in [1.29, 1.82) is 0 Å². The fraction of sp³-hybridized carbons (Fsp3) is 0.105. The molecule has 142 valence electrons. The highest BCUT2D eigenvalue weighted by molar-refractivity contribution is 7.89. The molecule has 0 fully saturated rings. The molecule has 0 saturated carbocycles. The number of sulfonamides is 1. The second kappa shape index (κ2) is 7.37. The summed E-state index contributed by atoms with van der Waals surface area (Å²) in [5, 5.41) is 4.59. The molecule has 4 aromatic rings. The van der Waals surface area contributed by atoms with Gasteiger partial charge in [-0.1, -0.05) is 24.3 Å². The summed E-state index contributed by atoms with van der Waals surface area (Å²) >= 11 is 0. The van der Waals surface area contributed by atoms with Crippen molar-refractivity contribution < 1.29 is 12.8 Å². The predicted octanol–water partition coefficient (Wildman–Crippen LogP) is 1.91. The fourth-order valence-electron chi connectivity index (χ4n) is 2.74. The van der Waals surface area contributed by atoms with Crippen LogP contribution in [0, 0.1) is 0 Å². The zero-order chi connectivity index (χ0) is 19.6. The molecule has 8 nitrogen and oxygen atoms in total. The van der Waals surface area contributed by atoms with Gasteiger partial charge in [-0.25, -0.2) is 27.6 Å². The summed E-state index contributed by atoms with van der Waals surface area (Å²) in [6.07, 6.45) is 3.11. The Balaban J connectivity index is 1.46. The number of rotatable bonds is 6. The summed E-state index contributed by atoms with van der Waals surface area (Å²) in [5.41, 5.74) is 1.73. The van der Waals surface area contributed by atoms with E-state index >= 15 is 0 Å². The van der Waals surface area contributed by atoms with E-state index in [1.54, 1.807) is 11.0 Å². The molecule has 2 aromatic carbocycles. The monoisotopic (exact) mass is 396 g/mol. The van der Waals surface area contributed by atoms with E-state index in [0.717, 1.165) is 11.1 Å². The molecule has 0 unspecified atom stereocenters. The molecule has 9 heteroatoms. The van der Waals surface area contributed by atoms with Crippen LogP contribution in [0.1, 0.15) is 11.1 Å². The van der Waals surface area contributed by atoms with Crippen LogP contribution >= 0.6 is 0 Å². The first-order valence-electron chi connectivity index (χ1n) is 8.43. The van der Waals surface area contributed by atoms with Crippen LogP contribution in [0.5, 0.6) is 0 Å². The van der Waals surface area contributed by atoms with E-state index in [4.69, 9.17) is 4.42 Å². The number of fused-ring (bicyclic) bond motifs is 1. The third-order valence-electron chi connectivity index (χ3n) is 4.20. The van der Waals surface area contributed by atoms with Crippen molar-refractivity contribution in [1.82, 2.24) is 19.5 Å². The molecule has 28 heavy (non-hydrogen) atoms. The van der Waals surface area contributed by atoms with Crippen molar-refractivity contribution in [3.8, 4) is 0 Å². The Kier molecular flexibility index (Phi) is 4.76. The number of hydrogen-bond donors (Lipinski definition) is 1. The van der Waals surface area contributed by atoms with Crippen LogP contribution in [0.2, 0.25) is 0 Å². The lowest BCUT2D eigenvalue weighted by atomic mass is 10.1. The Morgan fingerprint density at radius 1 is 1.00 bits per heavy atom. The zero-order valence-electron chi connectivity index (χ0n) is 14.6. The lowest BCUT2D eigenvalue weighted by Gasteiger charge is -2.08. The summed E-state index contributed by atoms with van der Waals surface area (Å²) in [6.45, 7) is 0.757. The van der Waals surface area contributed by atoms with Crippen molar-refractivity contribution in [3.05, 3.63) is 88.8 Å². The number of hydrogen-bond acceptors (Lipinski definition) is 6. The highest BCUT2D eigenvalue weighted by atomic mass is 32.2. The SMILES string of the molecule is O=c1ccc2cc(S(=O)(=O)NCc3ccc(Cn4cncn4)cc3)ccc2o1. The van der Waals surface area contributed by atoms with Crippen LogP contribution in [0.15, 0.2) is 81.4 Å². The molecule has 2 heterocycles. The maximum atomic E-state index is 12.6. The number of aromatic nitrogens is 3. The Morgan fingerprint density at radius 2 is 1.79 bits per heavy atom. The molecule has 0 spiro atoms. The van der Waals surface area contributed by atoms with Crippen molar-refractivity contribution in [2.24, 2.45) is 0 Å². The van der Waals surface area contributed by atoms with Gasteiger partial charge in [-0.15, -0.1) is 0 Å². The van der Waals surface area contributed by atoms with Gasteiger partial charge < -0.3 is 4.42 Å². The largest absolute Gasteiger partial charge is 0.423 e. The average Bonchev–Trinajstić information content (AvgIpc) is 3.20. The molecule has 0 atom stereocenters. The third-order valence-corrected chi connectivity index (χ3v) is 5.60. The van der Waals surface area contributed by atoms with Gasteiger partial charge in [0.05, 0.1) is 11.4 Å². The second-order valence-electron chi connectivity index (χ2n) is 6.19. The molecule has 0 saturated heterocycles. The van der Waals surface area contributed by atoms with Gasteiger partial charge in [-0.2, -0.15) is 5.10 Å². The van der Waals surface area contributed by atoms with Gasteiger partial charge in [-0.3, -0.25) is 0 Å². The maximum absolute atomic E-state index is 12.6. The Morgan fingerprint density at radius 3 is 2.54 bits per heavy atom. The zero-order valence-corrected chi connectivity index (χ0v) is 15.5. The fourth-order valence-corrected chi connectivity index (χ4v) is 3.80. The quantitative estimate of drug-likeness (QED) is 0.499. The minimum absolute atomic E-state index is 0.108. The third kappa shape index (κ3) is 4.00. The van der Waals surface area contributed by atoms with Crippen LogP contribution in [0.4, 0.5) is 0 Å². The lowest BCUT2D eigenvalue weighted by molar-refractivity contribution is 0.560. The highest BCUT2D eigenvalue weighted by Crippen LogP contribution is 2.18. The Hall–Kier alpha value is -3.30. The lowest BCUT2D eigenvalue weighted by Crippen LogP contribution is -2.23. The summed E-state index contributed by atoms with van der Waals surface area (Å²) in [7, 11) is -3.70. The van der Waals surface area contributed by atoms with Crippen LogP contribution in [-0.4, -0.2) is 23.2 Å². The number of nitrogens with one attached hydrogen (secondary N) is 1. The Bertz CT molecular complexity index is 1260. The van der Waals surface area contributed by atoms with E-state index in [1.807, 2.05) is 24.3 Å². The normalized spacial score (nSPS) is 11.7. The topological polar surface area (TPSA) is 107 Å². The Labute approximate surface area is 160 Å². The van der Waals surface area contributed by atoms with Gasteiger partial charge in [-0.05, 0) is 35.4 Å². The molecule has 0 aliphatic heterocycles. The number of benzene rings is 2. The molecule has 2 aromatic heterocycles. The molecule has 0 aliphatic carbocycles. The van der Waals surface area contributed by atoms with Gasteiger partial charge in [0.2, 0.25) is 10.0 Å². The standard InChI is InChI=1S/C19H16N4O4S/c24-19-8-5-16-9-17(6-7-18(16)27-19)28(25,26)22-10-14-1-3-15(4-2-14)11-23-13-20-12-21-23/h1-9,12-13,22H,10-11H2. The minimum atomic E-state index is -3.70. The van der Waals surface area contributed by atoms with Gasteiger partial charge >= 0.3 is 5.63 Å². The summed E-state index contributed by atoms with van der Waals surface area (Å²) < 4.78 is 34.5. The molecular weight excluding hydrogens is 380 g/mol. The second-order valence-corrected chi connectivity index (χ2v) is 7.96. The van der Waals surface area contributed by atoms with Gasteiger partial charge in [0, 0.05) is 18.0 Å². The molecular formula is C19H16N4O4S. The van der Waals surface area contributed by atoms with Crippen LogP contribution in [-0.2, 0) is 23.1 Å². The van der Waals surface area contributed by atoms with Gasteiger partial charge in [0.25, 0.3) is 0 Å². The van der Waals surface area contributed by atoms with Crippen molar-refractivity contribution in [3.63, 3.8) is 0 Å². The molecule has 0 radical (unpaired) electrons. The first-order chi connectivity index (χ1) is 13.5. The van der Waals surface area contributed by atoms with Gasteiger partial charge in [0.1, 0.15) is 18.2 Å². The van der Waals surface area contributed by atoms with Crippen LogP contribution in [0.3, 0.4) is 0 Å². The molecule has 4 rings (SSSR count). The van der Waals surface area contributed by atoms with Crippen LogP contribution < -0.4 is 10.3 Å². The summed E-state index contributed by atoms with van der Waals surface area (Å²) in [6, 6.07) is 14.7. The molecule has 0 bridgehead atoms.